The first-order valence-corrected chi connectivity index (χ1v) is 12.0. The predicted molar refractivity (Wildman–Crippen MR) is 128 cm³/mol. The van der Waals surface area contributed by atoms with Gasteiger partial charge in [-0.15, -0.1) is 0 Å². The third-order valence-electron chi connectivity index (χ3n) is 5.88. The van der Waals surface area contributed by atoms with Crippen LogP contribution in [0.5, 0.6) is 0 Å². The zero-order valence-corrected chi connectivity index (χ0v) is 20.2. The number of benzene rings is 1. The van der Waals surface area contributed by atoms with E-state index in [0.717, 1.165) is 24.1 Å². The molecule has 1 aliphatic rings. The second-order valence-electron chi connectivity index (χ2n) is 9.04. The van der Waals surface area contributed by atoms with Gasteiger partial charge >= 0.3 is 6.09 Å². The van der Waals surface area contributed by atoms with Crippen molar-refractivity contribution in [1.29, 1.82) is 0 Å². The van der Waals surface area contributed by atoms with Crippen LogP contribution in [0.15, 0.2) is 42.6 Å². The van der Waals surface area contributed by atoms with Crippen molar-refractivity contribution in [3.8, 4) is 0 Å². The van der Waals surface area contributed by atoms with Gasteiger partial charge in [0.1, 0.15) is 12.4 Å². The van der Waals surface area contributed by atoms with Crippen molar-refractivity contribution < 1.29 is 23.9 Å². The van der Waals surface area contributed by atoms with E-state index in [1.54, 1.807) is 20.0 Å². The monoisotopic (exact) mass is 480 g/mol. The number of aryl methyl sites for hydroxylation is 1. The number of Topliss-reactive ketones (excluding diaryl/α,β-unsaturated/α-hetero) is 2. The van der Waals surface area contributed by atoms with E-state index >= 15 is 0 Å². The Labute approximate surface area is 205 Å². The Bertz CT molecular complexity index is 1040. The van der Waals surface area contributed by atoms with Crippen LogP contribution >= 0.6 is 0 Å². The summed E-state index contributed by atoms with van der Waals surface area (Å²) in [5, 5.41) is 5.27. The van der Waals surface area contributed by atoms with Gasteiger partial charge in [0.25, 0.3) is 5.91 Å². The lowest BCUT2D eigenvalue weighted by atomic mass is 9.88. The topological polar surface area (TPSA) is 127 Å². The molecule has 1 aromatic carbocycles. The summed E-state index contributed by atoms with van der Waals surface area (Å²) in [6.45, 7) is 4.04. The van der Waals surface area contributed by atoms with Crippen LogP contribution in [0.3, 0.4) is 0 Å². The van der Waals surface area contributed by atoms with E-state index < -0.39 is 29.7 Å². The molecule has 0 aliphatic carbocycles. The number of nitrogens with one attached hydrogen (secondary N) is 2. The Morgan fingerprint density at radius 3 is 2.66 bits per heavy atom. The van der Waals surface area contributed by atoms with Crippen molar-refractivity contribution in [3.05, 3.63) is 59.7 Å². The molecule has 3 rings (SSSR count). The van der Waals surface area contributed by atoms with Crippen LogP contribution in [0.25, 0.3) is 0 Å². The normalized spacial score (nSPS) is 17.5. The molecular weight excluding hydrogens is 448 g/mol. The molecule has 0 radical (unpaired) electrons. The van der Waals surface area contributed by atoms with E-state index in [1.807, 2.05) is 36.4 Å². The second kappa shape index (κ2) is 12.7. The highest BCUT2D eigenvalue weighted by Gasteiger charge is 2.33. The lowest BCUT2D eigenvalue weighted by Crippen LogP contribution is -2.46. The molecular formula is C26H32N4O5. The van der Waals surface area contributed by atoms with Gasteiger partial charge in [-0.1, -0.05) is 44.2 Å². The van der Waals surface area contributed by atoms with Gasteiger partial charge in [-0.2, -0.15) is 0 Å². The molecule has 2 N–H and O–H groups in total. The molecule has 9 heteroatoms. The molecule has 35 heavy (non-hydrogen) atoms. The lowest BCUT2D eigenvalue weighted by molar-refractivity contribution is -0.141. The largest absolute Gasteiger partial charge is 0.445 e. The second-order valence-corrected chi connectivity index (χ2v) is 9.04. The van der Waals surface area contributed by atoms with Crippen LogP contribution in [0, 0.1) is 11.8 Å². The molecule has 0 spiro atoms. The molecule has 2 atom stereocenters. The Morgan fingerprint density at radius 1 is 1.14 bits per heavy atom. The molecule has 2 aromatic rings. The highest BCUT2D eigenvalue weighted by molar-refractivity contribution is 6.37. The number of aromatic nitrogens is 2. The van der Waals surface area contributed by atoms with Gasteiger partial charge in [0.05, 0.1) is 6.04 Å². The van der Waals surface area contributed by atoms with Crippen molar-refractivity contribution in [2.24, 2.45) is 11.8 Å². The number of ether oxygens (including phenoxy) is 1. The number of fused-ring (bicyclic) bond motifs is 2. The maximum atomic E-state index is 13.2. The van der Waals surface area contributed by atoms with Crippen molar-refractivity contribution in [2.75, 3.05) is 6.54 Å². The lowest BCUT2D eigenvalue weighted by Gasteiger charge is -2.23. The van der Waals surface area contributed by atoms with Gasteiger partial charge in [-0.05, 0) is 36.8 Å². The van der Waals surface area contributed by atoms with Gasteiger partial charge in [0.15, 0.2) is 5.78 Å². The van der Waals surface area contributed by atoms with E-state index in [0.29, 0.717) is 18.8 Å². The van der Waals surface area contributed by atoms with Crippen LogP contribution < -0.4 is 10.6 Å². The van der Waals surface area contributed by atoms with Crippen LogP contribution in [0.1, 0.15) is 50.2 Å². The number of nitrogens with zero attached hydrogens (tertiary/aromatic N) is 2. The zero-order chi connectivity index (χ0) is 25.2. The quantitative estimate of drug-likeness (QED) is 0.583. The number of hydrogen-bond donors (Lipinski definition) is 2. The molecule has 0 saturated heterocycles. The van der Waals surface area contributed by atoms with Gasteiger partial charge in [-0.3, -0.25) is 14.4 Å². The molecule has 2 heterocycles. The highest BCUT2D eigenvalue weighted by Crippen LogP contribution is 2.17. The molecule has 2 bridgehead atoms. The van der Waals surface area contributed by atoms with Crippen molar-refractivity contribution >= 4 is 23.6 Å². The van der Waals surface area contributed by atoms with E-state index in [-0.39, 0.29) is 31.1 Å². The first-order valence-electron chi connectivity index (χ1n) is 12.0. The molecule has 2 amide bonds. The number of rotatable bonds is 7. The maximum absolute atomic E-state index is 13.2. The fourth-order valence-electron chi connectivity index (χ4n) is 3.94. The fraction of sp³-hybridized carbons (Fsp3) is 0.462. The average molecular weight is 481 g/mol. The molecule has 0 fully saturated rings. The Hall–Kier alpha value is -3.62. The molecule has 9 nitrogen and oxygen atoms in total. The summed E-state index contributed by atoms with van der Waals surface area (Å²) in [5.41, 5.74) is 1.68. The minimum atomic E-state index is -0.930. The third kappa shape index (κ3) is 7.98. The van der Waals surface area contributed by atoms with Gasteiger partial charge in [0.2, 0.25) is 5.78 Å². The summed E-state index contributed by atoms with van der Waals surface area (Å²) < 4.78 is 5.26. The molecule has 186 valence electrons. The number of carbonyl (C=O) groups is 4. The zero-order valence-electron chi connectivity index (χ0n) is 20.2. The average Bonchev–Trinajstić information content (AvgIpc) is 2.85. The minimum absolute atomic E-state index is 0.0646. The number of alkyl carbamates (subject to hydrolysis) is 1. The SMILES string of the molecule is CC(C)C(NC(=O)OCc1ccccc1)C(=O)CC1Cc2nccc(n2)CCCCNC(=O)C1=O. The van der Waals surface area contributed by atoms with Crippen LogP contribution in [0.4, 0.5) is 4.79 Å². The smallest absolute Gasteiger partial charge is 0.408 e. The standard InChI is InChI=1S/C26H32N4O5/c1-17(2)23(30-26(34)35-16-18-8-4-3-5-9-18)21(31)14-19-15-22-27-13-11-20(29-22)10-6-7-12-28-25(33)24(19)32/h3-5,8-9,11,13,17,19,23H,6-7,10,12,14-16H2,1-2H3,(H,28,33)(H,30,34). The summed E-state index contributed by atoms with van der Waals surface area (Å²) in [7, 11) is 0. The summed E-state index contributed by atoms with van der Waals surface area (Å²) >= 11 is 0. The molecule has 2 unspecified atom stereocenters. The van der Waals surface area contributed by atoms with Crippen molar-refractivity contribution in [1.82, 2.24) is 20.6 Å². The van der Waals surface area contributed by atoms with Gasteiger partial charge in [-0.25, -0.2) is 14.8 Å². The number of hydrogen-bond acceptors (Lipinski definition) is 7. The summed E-state index contributed by atoms with van der Waals surface area (Å²) in [6, 6.07) is 10.2. The number of ketones is 2. The van der Waals surface area contributed by atoms with E-state index in [9.17, 15) is 19.2 Å². The Balaban J connectivity index is 1.70. The van der Waals surface area contributed by atoms with Gasteiger partial charge in [0, 0.05) is 37.2 Å². The molecule has 1 aliphatic heterocycles. The maximum Gasteiger partial charge on any atom is 0.408 e. The predicted octanol–water partition coefficient (Wildman–Crippen LogP) is 2.57. The Kier molecular flexibility index (Phi) is 9.46. The summed E-state index contributed by atoms with van der Waals surface area (Å²) in [4.78, 5) is 59.7. The van der Waals surface area contributed by atoms with Crippen LogP contribution in [0.2, 0.25) is 0 Å². The fourth-order valence-corrected chi connectivity index (χ4v) is 3.94. The van der Waals surface area contributed by atoms with E-state index in [1.165, 1.54) is 0 Å². The van der Waals surface area contributed by atoms with Crippen molar-refractivity contribution in [3.63, 3.8) is 0 Å². The van der Waals surface area contributed by atoms with Gasteiger partial charge < -0.3 is 15.4 Å². The van der Waals surface area contributed by atoms with Crippen molar-refractivity contribution in [2.45, 2.75) is 58.6 Å². The first-order chi connectivity index (χ1) is 16.8. The molecule has 0 saturated carbocycles. The van der Waals surface area contributed by atoms with Crippen LogP contribution in [-0.2, 0) is 38.6 Å². The summed E-state index contributed by atoms with van der Waals surface area (Å²) in [6.07, 6.45) is 3.04. The first kappa shape index (κ1) is 26.0. The highest BCUT2D eigenvalue weighted by atomic mass is 16.5. The number of carbonyl (C=O) groups excluding carboxylic acids is 4. The van der Waals surface area contributed by atoms with E-state index in [2.05, 4.69) is 20.6 Å². The minimum Gasteiger partial charge on any atom is -0.445 e. The number of amides is 2. The summed E-state index contributed by atoms with van der Waals surface area (Å²) in [5.74, 6) is -2.51. The van der Waals surface area contributed by atoms with Crippen LogP contribution in [-0.4, -0.2) is 46.1 Å². The third-order valence-corrected chi connectivity index (χ3v) is 5.88. The van der Waals surface area contributed by atoms with E-state index in [4.69, 9.17) is 4.74 Å². The molecule has 1 aromatic heterocycles. The Morgan fingerprint density at radius 2 is 1.91 bits per heavy atom.